The molecular weight excluding hydrogens is 623 g/mol. The van der Waals surface area contributed by atoms with E-state index in [0.717, 1.165) is 5.56 Å². The Morgan fingerprint density at radius 1 is 1.15 bits per heavy atom. The molecule has 0 saturated carbocycles. The van der Waals surface area contributed by atoms with E-state index >= 15 is 0 Å². The molecule has 4 rings (SSSR count). The zero-order chi connectivity index (χ0) is 28.1. The van der Waals surface area contributed by atoms with Crippen LogP contribution in [0.1, 0.15) is 24.5 Å². The highest BCUT2D eigenvalue weighted by Gasteiger charge is 2.40. The van der Waals surface area contributed by atoms with Gasteiger partial charge in [0.05, 0.1) is 29.9 Å². The Labute approximate surface area is 239 Å². The highest BCUT2D eigenvalue weighted by Crippen LogP contribution is 2.38. The molecule has 0 saturated heterocycles. The number of halogens is 1. The van der Waals surface area contributed by atoms with E-state index in [0.29, 0.717) is 37.7 Å². The minimum Gasteiger partial charge on any atom is -0.493 e. The fourth-order valence-corrected chi connectivity index (χ4v) is 5.39. The lowest BCUT2D eigenvalue weighted by Crippen LogP contribution is -2.54. The number of hydrogen-bond acceptors (Lipinski definition) is 9. The van der Waals surface area contributed by atoms with Crippen molar-refractivity contribution in [3.05, 3.63) is 56.7 Å². The molecule has 39 heavy (non-hydrogen) atoms. The first-order chi connectivity index (χ1) is 18.7. The molecule has 11 nitrogen and oxygen atoms in total. The standard InChI is InChI=1S/C27H31IN2O9/c1-15(33)30(12-16-3-4-21-22(8-16)38-14-37-21)20-10-18(27(35)29-5-6-31)11-23(25(20)34)39-26-19(28)7-17(13-32)9-24(26)36-2/h3-4,7-9,11,20,23,25,31-32,34H,5-6,10,12-14H2,1-2H3,(H,29,35). The number of amides is 2. The fourth-order valence-electron chi connectivity index (χ4n) is 4.59. The van der Waals surface area contributed by atoms with Gasteiger partial charge in [-0.2, -0.15) is 0 Å². The summed E-state index contributed by atoms with van der Waals surface area (Å²) >= 11 is 2.05. The van der Waals surface area contributed by atoms with Crippen LogP contribution in [0.4, 0.5) is 0 Å². The van der Waals surface area contributed by atoms with Gasteiger partial charge in [0.25, 0.3) is 0 Å². The molecule has 2 aromatic rings. The van der Waals surface area contributed by atoms with E-state index in [2.05, 4.69) is 5.32 Å². The van der Waals surface area contributed by atoms with E-state index in [1.807, 2.05) is 28.7 Å². The fraction of sp³-hybridized carbons (Fsp3) is 0.407. The lowest BCUT2D eigenvalue weighted by Gasteiger charge is -2.40. The number of ether oxygens (including phenoxy) is 4. The average Bonchev–Trinajstić information content (AvgIpc) is 3.40. The van der Waals surface area contributed by atoms with E-state index in [1.165, 1.54) is 25.0 Å². The second-order valence-corrected chi connectivity index (χ2v) is 10.3. The van der Waals surface area contributed by atoms with Crippen molar-refractivity contribution < 1.29 is 43.9 Å². The Bertz CT molecular complexity index is 1250. The summed E-state index contributed by atoms with van der Waals surface area (Å²) in [5, 5.41) is 32.9. The van der Waals surface area contributed by atoms with Gasteiger partial charge in [-0.15, -0.1) is 0 Å². The average molecular weight is 654 g/mol. The maximum atomic E-state index is 12.9. The van der Waals surface area contributed by atoms with Crippen LogP contribution in [-0.2, 0) is 22.7 Å². The van der Waals surface area contributed by atoms with Gasteiger partial charge in [-0.05, 0) is 64.1 Å². The number of benzene rings is 2. The van der Waals surface area contributed by atoms with Crippen molar-refractivity contribution in [2.24, 2.45) is 0 Å². The van der Waals surface area contributed by atoms with Gasteiger partial charge in [-0.1, -0.05) is 6.07 Å². The van der Waals surface area contributed by atoms with Crippen molar-refractivity contribution in [1.82, 2.24) is 10.2 Å². The molecule has 0 radical (unpaired) electrons. The van der Waals surface area contributed by atoms with Gasteiger partial charge in [0.1, 0.15) is 12.2 Å². The largest absolute Gasteiger partial charge is 0.493 e. The lowest BCUT2D eigenvalue weighted by molar-refractivity contribution is -0.137. The van der Waals surface area contributed by atoms with Crippen LogP contribution in [0.5, 0.6) is 23.0 Å². The first kappa shape index (κ1) is 28.9. The summed E-state index contributed by atoms with van der Waals surface area (Å²) < 4.78 is 23.2. The molecule has 3 atom stereocenters. The van der Waals surface area contributed by atoms with Gasteiger partial charge in [0, 0.05) is 32.0 Å². The second-order valence-electron chi connectivity index (χ2n) is 9.12. The zero-order valence-corrected chi connectivity index (χ0v) is 23.7. The van der Waals surface area contributed by atoms with Crippen LogP contribution in [0.3, 0.4) is 0 Å². The second kappa shape index (κ2) is 12.9. The highest BCUT2D eigenvalue weighted by atomic mass is 127. The molecule has 4 N–H and O–H groups in total. The van der Waals surface area contributed by atoms with Crippen LogP contribution in [0.2, 0.25) is 0 Å². The normalized spacial score (nSPS) is 19.7. The van der Waals surface area contributed by atoms with E-state index in [1.54, 1.807) is 24.3 Å². The summed E-state index contributed by atoms with van der Waals surface area (Å²) in [5.41, 5.74) is 1.69. The van der Waals surface area contributed by atoms with Crippen molar-refractivity contribution in [3.63, 3.8) is 0 Å². The smallest absolute Gasteiger partial charge is 0.247 e. The quantitative estimate of drug-likeness (QED) is 0.280. The predicted octanol–water partition coefficient (Wildman–Crippen LogP) is 1.48. The third-order valence-corrected chi connectivity index (χ3v) is 7.34. The van der Waals surface area contributed by atoms with Crippen LogP contribution in [-0.4, -0.2) is 77.3 Å². The number of nitrogens with zero attached hydrogens (tertiary/aromatic N) is 1. The molecule has 3 unspecified atom stereocenters. The number of aliphatic hydroxyl groups is 3. The van der Waals surface area contributed by atoms with Gasteiger partial charge >= 0.3 is 0 Å². The Hall–Kier alpha value is -3.07. The number of methoxy groups -OCH3 is 1. The van der Waals surface area contributed by atoms with E-state index in [9.17, 15) is 24.9 Å². The number of aliphatic hydroxyl groups excluding tert-OH is 3. The predicted molar refractivity (Wildman–Crippen MR) is 147 cm³/mol. The van der Waals surface area contributed by atoms with Crippen LogP contribution in [0.15, 0.2) is 42.0 Å². The molecule has 1 aliphatic heterocycles. The molecule has 1 heterocycles. The molecule has 0 fully saturated rings. The number of fused-ring (bicyclic) bond motifs is 1. The summed E-state index contributed by atoms with van der Waals surface area (Å²) in [4.78, 5) is 27.3. The molecule has 12 heteroatoms. The van der Waals surface area contributed by atoms with Crippen molar-refractivity contribution in [2.75, 3.05) is 27.1 Å². The SMILES string of the molecule is COc1cc(CO)cc(I)c1OC1C=C(C(=O)NCCO)CC(N(Cc2ccc3c(c2)OCO3)C(C)=O)C1O. The monoisotopic (exact) mass is 654 g/mol. The molecule has 1 aliphatic carbocycles. The zero-order valence-electron chi connectivity index (χ0n) is 21.6. The van der Waals surface area contributed by atoms with Crippen molar-refractivity contribution >= 4 is 34.4 Å². The number of carbonyl (C=O) groups excluding carboxylic acids is 2. The third-order valence-electron chi connectivity index (χ3n) is 6.53. The minimum atomic E-state index is -1.20. The molecule has 0 bridgehead atoms. The molecule has 2 aromatic carbocycles. The van der Waals surface area contributed by atoms with E-state index < -0.39 is 24.2 Å². The maximum Gasteiger partial charge on any atom is 0.247 e. The molecule has 2 amide bonds. The molecule has 2 aliphatic rings. The number of carbonyl (C=O) groups is 2. The topological polar surface area (TPSA) is 147 Å². The lowest BCUT2D eigenvalue weighted by atomic mass is 9.88. The molecule has 0 aromatic heterocycles. The van der Waals surface area contributed by atoms with Gasteiger partial charge in [-0.3, -0.25) is 9.59 Å². The number of hydrogen-bond donors (Lipinski definition) is 4. The van der Waals surface area contributed by atoms with Gasteiger partial charge in [0.15, 0.2) is 23.0 Å². The summed E-state index contributed by atoms with van der Waals surface area (Å²) in [6.07, 6.45) is -0.613. The Morgan fingerprint density at radius 2 is 1.92 bits per heavy atom. The first-order valence-corrected chi connectivity index (χ1v) is 13.4. The molecule has 210 valence electrons. The summed E-state index contributed by atoms with van der Waals surface area (Å²) in [7, 11) is 1.46. The van der Waals surface area contributed by atoms with Crippen molar-refractivity contribution in [2.45, 2.75) is 44.7 Å². The van der Waals surface area contributed by atoms with Gasteiger partial charge < -0.3 is 44.5 Å². The van der Waals surface area contributed by atoms with Crippen LogP contribution in [0, 0.1) is 3.57 Å². The molecule has 0 spiro atoms. The number of rotatable bonds is 10. The van der Waals surface area contributed by atoms with Gasteiger partial charge in [-0.25, -0.2) is 0 Å². The van der Waals surface area contributed by atoms with Crippen molar-refractivity contribution in [1.29, 1.82) is 0 Å². The highest BCUT2D eigenvalue weighted by molar-refractivity contribution is 14.1. The van der Waals surface area contributed by atoms with Crippen LogP contribution < -0.4 is 24.3 Å². The van der Waals surface area contributed by atoms with Crippen molar-refractivity contribution in [3.8, 4) is 23.0 Å². The van der Waals surface area contributed by atoms with E-state index in [4.69, 9.17) is 18.9 Å². The Balaban J connectivity index is 1.67. The Morgan fingerprint density at radius 3 is 2.62 bits per heavy atom. The van der Waals surface area contributed by atoms with Crippen LogP contribution >= 0.6 is 22.6 Å². The third kappa shape index (κ3) is 6.57. The maximum absolute atomic E-state index is 12.9. The first-order valence-electron chi connectivity index (χ1n) is 12.3. The summed E-state index contributed by atoms with van der Waals surface area (Å²) in [5.74, 6) is 1.13. The van der Waals surface area contributed by atoms with E-state index in [-0.39, 0.29) is 45.4 Å². The van der Waals surface area contributed by atoms with Gasteiger partial charge in [0.2, 0.25) is 18.6 Å². The Kier molecular flexibility index (Phi) is 9.53. The molecular formula is C27H31IN2O9. The summed E-state index contributed by atoms with van der Waals surface area (Å²) in [6, 6.07) is 7.90. The van der Waals surface area contributed by atoms with Crippen LogP contribution in [0.25, 0.3) is 0 Å². The minimum absolute atomic E-state index is 0.0525. The number of nitrogens with one attached hydrogen (secondary N) is 1. The summed E-state index contributed by atoms with van der Waals surface area (Å²) in [6.45, 7) is 1.30.